The van der Waals surface area contributed by atoms with Gasteiger partial charge in [-0.3, -0.25) is 0 Å². The Morgan fingerprint density at radius 3 is 1.71 bits per heavy atom. The second kappa shape index (κ2) is 12.6. The number of hydrogen-bond acceptors (Lipinski definition) is 3. The molecule has 0 saturated carbocycles. The van der Waals surface area contributed by atoms with E-state index in [0.29, 0.717) is 0 Å². The van der Waals surface area contributed by atoms with E-state index >= 15 is 0 Å². The van der Waals surface area contributed by atoms with E-state index in [1.54, 1.807) is 0 Å². The average Bonchev–Trinajstić information content (AvgIpc) is 2.19. The van der Waals surface area contributed by atoms with Crippen molar-refractivity contribution in [3.63, 3.8) is 0 Å². The molecule has 0 atom stereocenters. The maximum atomic E-state index is 10.4. The predicted molar refractivity (Wildman–Crippen MR) is 70.7 cm³/mol. The summed E-state index contributed by atoms with van der Waals surface area (Å²) in [5.74, 6) is -1.31. The molecule has 7 heteroatoms. The summed E-state index contributed by atoms with van der Waals surface area (Å²) in [6.07, 6.45) is 0. The van der Waals surface area contributed by atoms with E-state index in [2.05, 4.69) is 12.6 Å². The van der Waals surface area contributed by atoms with Gasteiger partial charge in [0.2, 0.25) is 0 Å². The van der Waals surface area contributed by atoms with Crippen LogP contribution in [-0.2, 0) is 0 Å². The van der Waals surface area contributed by atoms with E-state index in [1.807, 2.05) is 6.92 Å². The molecule has 0 aliphatic carbocycles. The van der Waals surface area contributed by atoms with E-state index < -0.39 is 11.9 Å². The third-order valence-electron chi connectivity index (χ3n) is 1.36. The van der Waals surface area contributed by atoms with Crippen LogP contribution in [0.3, 0.4) is 0 Å². The molecule has 1 aromatic rings. The Hall–Kier alpha value is 0.106. The fraction of sp³-hybridized carbons (Fsp3) is 0.200. The van der Waals surface area contributed by atoms with E-state index in [4.69, 9.17) is 10.2 Å². The number of hydrogen-bond donors (Lipinski definition) is 3. The van der Waals surface area contributed by atoms with E-state index in [0.717, 1.165) is 11.8 Å². The molecule has 1 rings (SSSR count). The monoisotopic (exact) mass is 286 g/mol. The van der Waals surface area contributed by atoms with Crippen LogP contribution in [0.2, 0.25) is 0 Å². The molecule has 0 bridgehead atoms. The fourth-order valence-electron chi connectivity index (χ4n) is 0.785. The molecular formula is C10H15KO5S. The average molecular weight is 286 g/mol. The zero-order valence-corrected chi connectivity index (χ0v) is 9.57. The Balaban J connectivity index is -0.000000356. The number of carboxylic acids is 2. The third kappa shape index (κ3) is 9.78. The van der Waals surface area contributed by atoms with Crippen molar-refractivity contribution in [2.45, 2.75) is 6.92 Å². The molecule has 0 heterocycles. The van der Waals surface area contributed by atoms with Crippen molar-refractivity contribution in [2.24, 2.45) is 0 Å². The summed E-state index contributed by atoms with van der Waals surface area (Å²) in [5.41, 5.74) is -0.0372. The Morgan fingerprint density at radius 1 is 1.18 bits per heavy atom. The van der Waals surface area contributed by atoms with Gasteiger partial charge in [-0.25, -0.2) is 9.59 Å². The molecule has 4 N–H and O–H groups in total. The van der Waals surface area contributed by atoms with Gasteiger partial charge in [-0.2, -0.15) is 12.6 Å². The Morgan fingerprint density at radius 2 is 1.47 bits per heavy atom. The summed E-state index contributed by atoms with van der Waals surface area (Å²) in [6, 6.07) is 5.20. The molecule has 0 unspecified atom stereocenters. The van der Waals surface area contributed by atoms with Crippen molar-refractivity contribution in [2.75, 3.05) is 5.75 Å². The van der Waals surface area contributed by atoms with Crippen molar-refractivity contribution in [3.05, 3.63) is 35.4 Å². The Labute approximate surface area is 147 Å². The summed E-state index contributed by atoms with van der Waals surface area (Å²) in [7, 11) is 0. The third-order valence-corrected chi connectivity index (χ3v) is 1.36. The van der Waals surface area contributed by atoms with Gasteiger partial charge in [0.1, 0.15) is 0 Å². The molecule has 92 valence electrons. The normalized spacial score (nSPS) is 7.65. The first kappa shape index (κ1) is 22.3. The van der Waals surface area contributed by atoms with Crippen LogP contribution in [0.25, 0.3) is 0 Å². The van der Waals surface area contributed by atoms with Gasteiger partial charge in [-0.15, -0.1) is 0 Å². The van der Waals surface area contributed by atoms with Gasteiger partial charge in [-0.1, -0.05) is 13.0 Å². The van der Waals surface area contributed by atoms with Crippen molar-refractivity contribution >= 4 is 76.0 Å². The minimum atomic E-state index is -1.13. The fourth-order valence-corrected chi connectivity index (χ4v) is 0.785. The Bertz CT molecular complexity index is 327. The first-order valence-electron chi connectivity index (χ1n) is 4.20. The molecule has 0 fully saturated rings. The predicted octanol–water partition coefficient (Wildman–Crippen LogP) is 0.546. The summed E-state index contributed by atoms with van der Waals surface area (Å²) in [6.45, 7) is 1.99. The van der Waals surface area contributed by atoms with Crippen LogP contribution in [0.15, 0.2) is 24.3 Å². The van der Waals surface area contributed by atoms with Gasteiger partial charge in [0.25, 0.3) is 0 Å². The molecule has 0 spiro atoms. The van der Waals surface area contributed by atoms with Gasteiger partial charge in [-0.05, 0) is 24.0 Å². The molecule has 1 aromatic carbocycles. The zero-order valence-electron chi connectivity index (χ0n) is 8.67. The molecular weight excluding hydrogens is 271 g/mol. The van der Waals surface area contributed by atoms with Gasteiger partial charge in [0.15, 0.2) is 0 Å². The van der Waals surface area contributed by atoms with Gasteiger partial charge in [0, 0.05) is 0 Å². The summed E-state index contributed by atoms with van der Waals surface area (Å²) < 4.78 is 0. The number of benzene rings is 1. The molecule has 5 nitrogen and oxygen atoms in total. The van der Waals surface area contributed by atoms with Gasteiger partial charge in [0.05, 0.1) is 11.1 Å². The molecule has 0 radical (unpaired) electrons. The number of carbonyl (C=O) groups is 2. The molecule has 0 aromatic heterocycles. The first-order valence-corrected chi connectivity index (χ1v) is 4.83. The van der Waals surface area contributed by atoms with Crippen molar-refractivity contribution < 1.29 is 25.3 Å². The van der Waals surface area contributed by atoms with Crippen LogP contribution >= 0.6 is 12.6 Å². The molecule has 17 heavy (non-hydrogen) atoms. The standard InChI is InChI=1S/C8H6O4.C2H6S.K.H2O.H/c9-7(10)5-2-1-3-6(4-5)8(11)12;1-2-3;;;/h1-4H,(H,9,10)(H,11,12);3H,2H2,1H3;;1H2;. The zero-order chi connectivity index (χ0) is 11.8. The van der Waals surface area contributed by atoms with E-state index in [9.17, 15) is 9.59 Å². The van der Waals surface area contributed by atoms with Crippen LogP contribution in [0.1, 0.15) is 27.6 Å². The summed E-state index contributed by atoms with van der Waals surface area (Å²) in [4.78, 5) is 20.8. The van der Waals surface area contributed by atoms with Crippen LogP contribution in [0, 0.1) is 0 Å². The molecule has 0 aliphatic rings. The van der Waals surface area contributed by atoms with E-state index in [1.165, 1.54) is 18.2 Å². The maximum absolute atomic E-state index is 10.4. The van der Waals surface area contributed by atoms with Crippen molar-refractivity contribution in [3.8, 4) is 0 Å². The molecule has 0 amide bonds. The number of carboxylic acid groups (broad SMARTS) is 2. The quantitative estimate of drug-likeness (QED) is 0.545. The van der Waals surface area contributed by atoms with Gasteiger partial charge < -0.3 is 15.7 Å². The van der Waals surface area contributed by atoms with Crippen molar-refractivity contribution in [1.29, 1.82) is 0 Å². The summed E-state index contributed by atoms with van der Waals surface area (Å²) in [5, 5.41) is 17.0. The Kier molecular flexibility index (Phi) is 16.5. The van der Waals surface area contributed by atoms with E-state index in [-0.39, 0.29) is 68.0 Å². The van der Waals surface area contributed by atoms with Crippen LogP contribution < -0.4 is 0 Å². The second-order valence-corrected chi connectivity index (χ2v) is 3.14. The van der Waals surface area contributed by atoms with Crippen molar-refractivity contribution in [1.82, 2.24) is 0 Å². The second-order valence-electron chi connectivity index (χ2n) is 2.51. The molecule has 0 aliphatic heterocycles. The van der Waals surface area contributed by atoms with Gasteiger partial charge >= 0.3 is 63.3 Å². The number of rotatable bonds is 2. The SMILES string of the molecule is CCS.O.O=C(O)c1cccc(C(=O)O)c1.[KH]. The first-order chi connectivity index (χ1) is 7.02. The number of aromatic carboxylic acids is 2. The topological polar surface area (TPSA) is 106 Å². The van der Waals surface area contributed by atoms with Crippen LogP contribution in [0.5, 0.6) is 0 Å². The van der Waals surface area contributed by atoms with Crippen LogP contribution in [0.4, 0.5) is 0 Å². The van der Waals surface area contributed by atoms with Crippen LogP contribution in [-0.4, -0.2) is 84.8 Å². The summed E-state index contributed by atoms with van der Waals surface area (Å²) >= 11 is 3.79. The minimum absolute atomic E-state index is 0. The molecule has 0 saturated heterocycles. The number of thiol groups is 1.